The molecule has 0 aromatic heterocycles. The molecule has 1 heterocycles. The predicted molar refractivity (Wildman–Crippen MR) is 80.9 cm³/mol. The minimum atomic E-state index is -0.508. The van der Waals surface area contributed by atoms with E-state index in [1.54, 1.807) is 18.2 Å². The highest BCUT2D eigenvalue weighted by atomic mass is 35.5. The molecule has 3 rings (SSSR count). The zero-order valence-corrected chi connectivity index (χ0v) is 12.4. The largest absolute Gasteiger partial charge is 0.348 e. The van der Waals surface area contributed by atoms with Crippen LogP contribution in [-0.2, 0) is 4.79 Å². The third-order valence-electron chi connectivity index (χ3n) is 3.72. The van der Waals surface area contributed by atoms with Crippen LogP contribution in [0.4, 0.5) is 5.69 Å². The van der Waals surface area contributed by atoms with Crippen LogP contribution in [0.5, 0.6) is 0 Å². The van der Waals surface area contributed by atoms with Gasteiger partial charge in [-0.2, -0.15) is 0 Å². The highest BCUT2D eigenvalue weighted by Gasteiger charge is 2.51. The summed E-state index contributed by atoms with van der Waals surface area (Å²) in [5.41, 5.74) is 0.120. The third-order valence-corrected chi connectivity index (χ3v) is 4.45. The molecule has 1 aliphatic heterocycles. The van der Waals surface area contributed by atoms with Gasteiger partial charge in [0.1, 0.15) is 5.54 Å². The third kappa shape index (κ3) is 2.12. The molecule has 1 amide bonds. The summed E-state index contributed by atoms with van der Waals surface area (Å²) in [6, 6.07) is 5.04. The molecule has 0 atom stereocenters. The molecule has 3 nitrogen and oxygen atoms in total. The Hall–Kier alpha value is -0.840. The van der Waals surface area contributed by atoms with E-state index in [9.17, 15) is 4.79 Å². The van der Waals surface area contributed by atoms with Crippen molar-refractivity contribution in [3.8, 4) is 0 Å². The van der Waals surface area contributed by atoms with Crippen molar-refractivity contribution in [2.24, 2.45) is 0 Å². The lowest BCUT2D eigenvalue weighted by Gasteiger charge is -2.20. The highest BCUT2D eigenvalue weighted by molar-refractivity contribution is 7.80. The Morgan fingerprint density at radius 2 is 1.74 bits per heavy atom. The fraction of sp³-hybridized carbons (Fsp3) is 0.385. The number of nitrogens with one attached hydrogen (secondary N) is 1. The van der Waals surface area contributed by atoms with E-state index in [-0.39, 0.29) is 5.91 Å². The van der Waals surface area contributed by atoms with Gasteiger partial charge in [0.2, 0.25) is 0 Å². The molecule has 2 aliphatic rings. The lowest BCUT2D eigenvalue weighted by atomic mass is 9.98. The standard InChI is InChI=1S/C13H12Cl2N2OS/c14-8-5-9(15)7-10(6-8)17-11(18)13(16-12(17)19)3-1-2-4-13/h5-7H,1-4H2,(H,16,19). The number of thiocarbonyl (C=S) groups is 1. The van der Waals surface area contributed by atoms with E-state index in [1.165, 1.54) is 4.90 Å². The average molecular weight is 315 g/mol. The molecule has 0 bridgehead atoms. The van der Waals surface area contributed by atoms with Gasteiger partial charge in [-0.15, -0.1) is 0 Å². The van der Waals surface area contributed by atoms with Crippen LogP contribution < -0.4 is 10.2 Å². The lowest BCUT2D eigenvalue weighted by Crippen LogP contribution is -2.44. The summed E-state index contributed by atoms with van der Waals surface area (Å²) in [7, 11) is 0. The number of nitrogens with zero attached hydrogens (tertiary/aromatic N) is 1. The number of rotatable bonds is 1. The Morgan fingerprint density at radius 3 is 2.32 bits per heavy atom. The van der Waals surface area contributed by atoms with Crippen LogP contribution in [0.3, 0.4) is 0 Å². The van der Waals surface area contributed by atoms with Crippen molar-refractivity contribution >= 4 is 52.1 Å². The van der Waals surface area contributed by atoms with Crippen LogP contribution in [0.2, 0.25) is 10.0 Å². The second-order valence-corrected chi connectivity index (χ2v) is 6.25. The molecule has 2 fully saturated rings. The number of benzene rings is 1. The number of amides is 1. The van der Waals surface area contributed by atoms with Crippen molar-refractivity contribution in [3.05, 3.63) is 28.2 Å². The highest BCUT2D eigenvalue weighted by Crippen LogP contribution is 2.38. The molecule has 19 heavy (non-hydrogen) atoms. The lowest BCUT2D eigenvalue weighted by molar-refractivity contribution is -0.121. The topological polar surface area (TPSA) is 32.3 Å². The van der Waals surface area contributed by atoms with Crippen LogP contribution in [0.1, 0.15) is 25.7 Å². The van der Waals surface area contributed by atoms with Gasteiger partial charge < -0.3 is 5.32 Å². The average Bonchev–Trinajstić information content (AvgIpc) is 2.85. The maximum absolute atomic E-state index is 12.7. The molecule has 1 N–H and O–H groups in total. The molecule has 1 aromatic carbocycles. The van der Waals surface area contributed by atoms with E-state index in [0.717, 1.165) is 25.7 Å². The zero-order chi connectivity index (χ0) is 13.6. The normalized spacial score (nSPS) is 21.3. The van der Waals surface area contributed by atoms with Crippen molar-refractivity contribution in [3.63, 3.8) is 0 Å². The minimum absolute atomic E-state index is 0.00772. The molecular formula is C13H12Cl2N2OS. The van der Waals surface area contributed by atoms with E-state index in [2.05, 4.69) is 5.32 Å². The maximum atomic E-state index is 12.7. The van der Waals surface area contributed by atoms with Crippen molar-refractivity contribution in [1.29, 1.82) is 0 Å². The van der Waals surface area contributed by atoms with Crippen LogP contribution in [0.25, 0.3) is 0 Å². The first-order valence-corrected chi connectivity index (χ1v) is 7.31. The quantitative estimate of drug-likeness (QED) is 0.805. The molecule has 1 aliphatic carbocycles. The summed E-state index contributed by atoms with van der Waals surface area (Å²) >= 11 is 17.3. The van der Waals surface area contributed by atoms with E-state index < -0.39 is 5.54 Å². The van der Waals surface area contributed by atoms with Crippen molar-refractivity contribution in [1.82, 2.24) is 5.32 Å². The second-order valence-electron chi connectivity index (χ2n) is 4.99. The summed E-state index contributed by atoms with van der Waals surface area (Å²) in [6.45, 7) is 0. The summed E-state index contributed by atoms with van der Waals surface area (Å²) in [6.07, 6.45) is 3.75. The van der Waals surface area contributed by atoms with Gasteiger partial charge in [-0.05, 0) is 43.3 Å². The molecule has 1 aromatic rings. The molecule has 1 saturated carbocycles. The SMILES string of the molecule is O=C1N(c2cc(Cl)cc(Cl)c2)C(=S)NC12CCCC2. The van der Waals surface area contributed by atoms with Gasteiger partial charge in [-0.3, -0.25) is 9.69 Å². The summed E-state index contributed by atoms with van der Waals surface area (Å²) in [4.78, 5) is 14.2. The van der Waals surface area contributed by atoms with Gasteiger partial charge in [-0.25, -0.2) is 0 Å². The molecule has 100 valence electrons. The molecular weight excluding hydrogens is 303 g/mol. The first-order chi connectivity index (χ1) is 9.02. The smallest absolute Gasteiger partial charge is 0.259 e. The Morgan fingerprint density at radius 1 is 1.16 bits per heavy atom. The Kier molecular flexibility index (Phi) is 3.20. The van der Waals surface area contributed by atoms with E-state index in [4.69, 9.17) is 35.4 Å². The monoisotopic (exact) mass is 314 g/mol. The summed E-state index contributed by atoms with van der Waals surface area (Å²) in [5, 5.41) is 4.61. The predicted octanol–water partition coefficient (Wildman–Crippen LogP) is 3.53. The number of anilines is 1. The summed E-state index contributed by atoms with van der Waals surface area (Å²) < 4.78 is 0. The Balaban J connectivity index is 2.01. The second kappa shape index (κ2) is 4.62. The molecule has 0 unspecified atom stereocenters. The first-order valence-electron chi connectivity index (χ1n) is 6.15. The van der Waals surface area contributed by atoms with E-state index in [1.807, 2.05) is 0 Å². The van der Waals surface area contributed by atoms with Gasteiger partial charge in [0.25, 0.3) is 5.91 Å². The molecule has 0 radical (unpaired) electrons. The van der Waals surface area contributed by atoms with Gasteiger partial charge in [0.05, 0.1) is 5.69 Å². The number of carbonyl (C=O) groups excluding carboxylic acids is 1. The van der Waals surface area contributed by atoms with Crippen LogP contribution in [0.15, 0.2) is 18.2 Å². The van der Waals surface area contributed by atoms with Gasteiger partial charge in [0, 0.05) is 10.0 Å². The minimum Gasteiger partial charge on any atom is -0.348 e. The fourth-order valence-corrected chi connectivity index (χ4v) is 3.74. The van der Waals surface area contributed by atoms with Gasteiger partial charge >= 0.3 is 0 Å². The van der Waals surface area contributed by atoms with Gasteiger partial charge in [0.15, 0.2) is 5.11 Å². The Bertz CT molecular complexity index is 550. The first kappa shape index (κ1) is 13.2. The van der Waals surface area contributed by atoms with E-state index >= 15 is 0 Å². The van der Waals surface area contributed by atoms with Crippen LogP contribution in [-0.4, -0.2) is 16.6 Å². The zero-order valence-electron chi connectivity index (χ0n) is 10.1. The number of halogens is 2. The molecule has 1 saturated heterocycles. The fourth-order valence-electron chi connectivity index (χ4n) is 2.84. The summed E-state index contributed by atoms with van der Waals surface area (Å²) in [5.74, 6) is 0.00772. The number of carbonyl (C=O) groups is 1. The molecule has 1 spiro atoms. The van der Waals surface area contributed by atoms with E-state index in [0.29, 0.717) is 20.8 Å². The number of hydrogen-bond acceptors (Lipinski definition) is 2. The van der Waals surface area contributed by atoms with Crippen molar-refractivity contribution in [2.75, 3.05) is 4.90 Å². The Labute approximate surface area is 126 Å². The maximum Gasteiger partial charge on any atom is 0.259 e. The van der Waals surface area contributed by atoms with Crippen LogP contribution >= 0.6 is 35.4 Å². The van der Waals surface area contributed by atoms with Crippen molar-refractivity contribution in [2.45, 2.75) is 31.2 Å². The number of hydrogen-bond donors (Lipinski definition) is 1. The van der Waals surface area contributed by atoms with Crippen LogP contribution in [0, 0.1) is 0 Å². The molecule has 6 heteroatoms. The van der Waals surface area contributed by atoms with Gasteiger partial charge in [-0.1, -0.05) is 36.0 Å². The van der Waals surface area contributed by atoms with Crippen molar-refractivity contribution < 1.29 is 4.79 Å².